The maximum absolute atomic E-state index is 10.5. The van der Waals surface area contributed by atoms with Gasteiger partial charge >= 0.3 is 0 Å². The molecule has 0 rings (SSSR count). The molecule has 0 bridgehead atoms. The Morgan fingerprint density at radius 2 is 2.30 bits per heavy atom. The van der Waals surface area contributed by atoms with Gasteiger partial charge in [0, 0.05) is 5.75 Å². The summed E-state index contributed by atoms with van der Waals surface area (Å²) in [5.41, 5.74) is 3.56. The van der Waals surface area contributed by atoms with Crippen LogP contribution < -0.4 is 5.73 Å². The van der Waals surface area contributed by atoms with E-state index >= 15 is 0 Å². The molecule has 0 aliphatic carbocycles. The summed E-state index contributed by atoms with van der Waals surface area (Å²) in [6.45, 7) is 3.39. The second-order valence-corrected chi connectivity index (χ2v) is 3.55. The van der Waals surface area contributed by atoms with Gasteiger partial charge in [0.15, 0.2) is 0 Å². The summed E-state index contributed by atoms with van der Waals surface area (Å²) in [6.07, 6.45) is 0. The van der Waals surface area contributed by atoms with Crippen LogP contribution in [0.15, 0.2) is 0 Å². The van der Waals surface area contributed by atoms with Gasteiger partial charge in [0.2, 0.25) is 5.91 Å². The van der Waals surface area contributed by atoms with Crippen LogP contribution in [0.3, 0.4) is 0 Å². The standard InChI is InChI=1S/C6H13NO2S/c1-3-10-4-6(2,9)5(7)8/h9H,3-4H2,1-2H3,(H2,7,8). The van der Waals surface area contributed by atoms with Gasteiger partial charge in [-0.15, -0.1) is 0 Å². The smallest absolute Gasteiger partial charge is 0.249 e. The molecule has 0 saturated carbocycles. The van der Waals surface area contributed by atoms with Crippen LogP contribution in [0, 0.1) is 0 Å². The van der Waals surface area contributed by atoms with Crippen molar-refractivity contribution in [3.63, 3.8) is 0 Å². The van der Waals surface area contributed by atoms with Crippen molar-refractivity contribution >= 4 is 17.7 Å². The third-order valence-corrected chi connectivity index (χ3v) is 2.29. The number of amides is 1. The van der Waals surface area contributed by atoms with Gasteiger partial charge in [0.25, 0.3) is 0 Å². The molecule has 10 heavy (non-hydrogen) atoms. The Bertz CT molecular complexity index is 125. The first kappa shape index (κ1) is 9.78. The van der Waals surface area contributed by atoms with Gasteiger partial charge in [-0.25, -0.2) is 0 Å². The highest BCUT2D eigenvalue weighted by Gasteiger charge is 2.26. The highest BCUT2D eigenvalue weighted by molar-refractivity contribution is 7.99. The third-order valence-electron chi connectivity index (χ3n) is 1.12. The van der Waals surface area contributed by atoms with Crippen LogP contribution >= 0.6 is 11.8 Å². The average Bonchev–Trinajstić information content (AvgIpc) is 1.84. The molecule has 3 N–H and O–H groups in total. The normalized spacial score (nSPS) is 16.3. The molecule has 0 aromatic rings. The van der Waals surface area contributed by atoms with E-state index in [2.05, 4.69) is 0 Å². The molecule has 4 heteroatoms. The Balaban J connectivity index is 3.75. The van der Waals surface area contributed by atoms with E-state index in [9.17, 15) is 9.90 Å². The van der Waals surface area contributed by atoms with E-state index < -0.39 is 11.5 Å². The van der Waals surface area contributed by atoms with Crippen LogP contribution in [-0.2, 0) is 4.79 Å². The molecular formula is C6H13NO2S. The van der Waals surface area contributed by atoms with Crippen LogP contribution in [0.4, 0.5) is 0 Å². The fourth-order valence-electron chi connectivity index (χ4n) is 0.372. The number of thioether (sulfide) groups is 1. The molecule has 0 radical (unpaired) electrons. The van der Waals surface area contributed by atoms with Crippen molar-refractivity contribution in [3.8, 4) is 0 Å². The molecule has 1 atom stereocenters. The van der Waals surface area contributed by atoms with Crippen LogP contribution in [-0.4, -0.2) is 28.1 Å². The summed E-state index contributed by atoms with van der Waals surface area (Å²) in [5.74, 6) is 0.593. The van der Waals surface area contributed by atoms with Gasteiger partial charge in [0.1, 0.15) is 5.60 Å². The Morgan fingerprint density at radius 3 is 2.60 bits per heavy atom. The maximum Gasteiger partial charge on any atom is 0.249 e. The van der Waals surface area contributed by atoms with Crippen molar-refractivity contribution in [1.82, 2.24) is 0 Å². The lowest BCUT2D eigenvalue weighted by atomic mass is 10.1. The summed E-state index contributed by atoms with van der Waals surface area (Å²) in [7, 11) is 0. The maximum atomic E-state index is 10.5. The summed E-state index contributed by atoms with van der Waals surface area (Å²) in [6, 6.07) is 0. The Morgan fingerprint density at radius 1 is 1.80 bits per heavy atom. The molecule has 3 nitrogen and oxygen atoms in total. The Hall–Kier alpha value is -0.220. The number of primary amides is 1. The monoisotopic (exact) mass is 163 g/mol. The summed E-state index contributed by atoms with van der Waals surface area (Å²) >= 11 is 1.49. The van der Waals surface area contributed by atoms with Gasteiger partial charge in [-0.2, -0.15) is 11.8 Å². The van der Waals surface area contributed by atoms with Crippen molar-refractivity contribution in [2.24, 2.45) is 5.73 Å². The summed E-state index contributed by atoms with van der Waals surface area (Å²) in [5, 5.41) is 9.23. The largest absolute Gasteiger partial charge is 0.379 e. The van der Waals surface area contributed by atoms with Crippen LogP contribution in [0.25, 0.3) is 0 Å². The van der Waals surface area contributed by atoms with Crippen molar-refractivity contribution in [3.05, 3.63) is 0 Å². The SMILES string of the molecule is CCSCC(C)(O)C(N)=O. The van der Waals surface area contributed by atoms with Crippen molar-refractivity contribution in [1.29, 1.82) is 0 Å². The molecule has 0 heterocycles. The molecule has 0 fully saturated rings. The first-order valence-corrected chi connectivity index (χ1v) is 4.26. The number of hydrogen-bond donors (Lipinski definition) is 2. The molecule has 0 aliphatic rings. The number of nitrogens with two attached hydrogens (primary N) is 1. The lowest BCUT2D eigenvalue weighted by Crippen LogP contribution is -2.43. The minimum atomic E-state index is -1.35. The Kier molecular flexibility index (Phi) is 3.75. The molecule has 0 aromatic carbocycles. The second kappa shape index (κ2) is 3.83. The third kappa shape index (κ3) is 3.08. The van der Waals surface area contributed by atoms with Crippen LogP contribution in [0.5, 0.6) is 0 Å². The van der Waals surface area contributed by atoms with E-state index in [0.717, 1.165) is 5.75 Å². The van der Waals surface area contributed by atoms with Gasteiger partial charge in [-0.1, -0.05) is 6.92 Å². The van der Waals surface area contributed by atoms with E-state index in [1.807, 2.05) is 6.92 Å². The number of rotatable bonds is 4. The first-order valence-electron chi connectivity index (χ1n) is 3.10. The van der Waals surface area contributed by atoms with Crippen molar-refractivity contribution < 1.29 is 9.90 Å². The molecule has 0 saturated heterocycles. The molecule has 1 amide bonds. The van der Waals surface area contributed by atoms with E-state index in [1.165, 1.54) is 18.7 Å². The van der Waals surface area contributed by atoms with Crippen molar-refractivity contribution in [2.75, 3.05) is 11.5 Å². The van der Waals surface area contributed by atoms with Gasteiger partial charge < -0.3 is 10.8 Å². The van der Waals surface area contributed by atoms with Gasteiger partial charge in [-0.05, 0) is 12.7 Å². The molecule has 60 valence electrons. The highest BCUT2D eigenvalue weighted by Crippen LogP contribution is 2.11. The number of aliphatic hydroxyl groups is 1. The minimum Gasteiger partial charge on any atom is -0.379 e. The Labute approximate surface area is 65.0 Å². The highest BCUT2D eigenvalue weighted by atomic mass is 32.2. The quantitative estimate of drug-likeness (QED) is 0.612. The predicted molar refractivity (Wildman–Crippen MR) is 42.8 cm³/mol. The summed E-state index contributed by atoms with van der Waals surface area (Å²) < 4.78 is 0. The average molecular weight is 163 g/mol. The molecule has 0 spiro atoms. The van der Waals surface area contributed by atoms with Crippen molar-refractivity contribution in [2.45, 2.75) is 19.4 Å². The summed E-state index contributed by atoms with van der Waals surface area (Å²) in [4.78, 5) is 10.5. The number of hydrogen-bond acceptors (Lipinski definition) is 3. The van der Waals surface area contributed by atoms with E-state index in [-0.39, 0.29) is 0 Å². The molecular weight excluding hydrogens is 150 g/mol. The fourth-order valence-corrected chi connectivity index (χ4v) is 1.12. The zero-order chi connectivity index (χ0) is 8.20. The zero-order valence-electron chi connectivity index (χ0n) is 6.26. The number of carbonyl (C=O) groups is 1. The van der Waals surface area contributed by atoms with E-state index in [4.69, 9.17) is 5.73 Å². The lowest BCUT2D eigenvalue weighted by Gasteiger charge is -2.17. The van der Waals surface area contributed by atoms with Crippen LogP contribution in [0.1, 0.15) is 13.8 Å². The van der Waals surface area contributed by atoms with Gasteiger partial charge in [0.05, 0.1) is 0 Å². The topological polar surface area (TPSA) is 63.3 Å². The molecule has 0 aromatic heterocycles. The van der Waals surface area contributed by atoms with Gasteiger partial charge in [-0.3, -0.25) is 4.79 Å². The second-order valence-electron chi connectivity index (χ2n) is 2.28. The number of carbonyl (C=O) groups excluding carboxylic acids is 1. The van der Waals surface area contributed by atoms with Crippen LogP contribution in [0.2, 0.25) is 0 Å². The predicted octanol–water partition coefficient (Wildman–Crippen LogP) is -0.0242. The molecule has 1 unspecified atom stereocenters. The first-order chi connectivity index (χ1) is 4.50. The van der Waals surface area contributed by atoms with E-state index in [0.29, 0.717) is 5.75 Å². The lowest BCUT2D eigenvalue weighted by molar-refractivity contribution is -0.132. The minimum absolute atomic E-state index is 0.374. The zero-order valence-corrected chi connectivity index (χ0v) is 7.07. The molecule has 0 aliphatic heterocycles. The fraction of sp³-hybridized carbons (Fsp3) is 0.833. The van der Waals surface area contributed by atoms with E-state index in [1.54, 1.807) is 0 Å².